The molecule has 0 aliphatic heterocycles. The molecule has 0 spiro atoms. The third kappa shape index (κ3) is 2.57. The molecule has 0 aliphatic carbocycles. The van der Waals surface area contributed by atoms with Crippen molar-refractivity contribution in [3.63, 3.8) is 0 Å². The molecule has 2 aromatic rings. The maximum Gasteiger partial charge on any atom is 0.260 e. The van der Waals surface area contributed by atoms with Crippen molar-refractivity contribution in [2.45, 2.75) is 6.54 Å². The third-order valence-electron chi connectivity index (χ3n) is 2.20. The number of nitrogen functional groups attached to an aromatic ring is 1. The Kier molecular flexibility index (Phi) is 3.73. The Hall–Kier alpha value is -1.73. The minimum Gasteiger partial charge on any atom is -0.495 e. The lowest BCUT2D eigenvalue weighted by molar-refractivity contribution is 0.410. The fourth-order valence-corrected chi connectivity index (χ4v) is 2.05. The van der Waals surface area contributed by atoms with Gasteiger partial charge in [-0.05, 0) is 22.6 Å². The number of nitrogens with two attached hydrogens (primary N) is 1. The lowest BCUT2D eigenvalue weighted by Crippen LogP contribution is -2.18. The number of methoxy groups -OCH3 is 1. The molecule has 1 aromatic heterocycles. The maximum atomic E-state index is 6.02. The van der Waals surface area contributed by atoms with Gasteiger partial charge in [-0.15, -0.1) is 4.79 Å². The van der Waals surface area contributed by atoms with Crippen LogP contribution < -0.4 is 15.9 Å². The highest BCUT2D eigenvalue weighted by molar-refractivity contribution is 6.35. The normalized spacial score (nSPS) is 10.4. The fourth-order valence-electron chi connectivity index (χ4n) is 1.44. The summed E-state index contributed by atoms with van der Waals surface area (Å²) < 4.78 is 5.21. The monoisotopic (exact) mass is 288 g/mol. The van der Waals surface area contributed by atoms with Gasteiger partial charge in [0.2, 0.25) is 0 Å². The minimum absolute atomic E-state index is 0.155. The van der Waals surface area contributed by atoms with E-state index in [1.54, 1.807) is 12.1 Å². The highest BCUT2D eigenvalue weighted by Gasteiger charge is 2.10. The van der Waals surface area contributed by atoms with E-state index >= 15 is 0 Å². The molecular weight excluding hydrogens is 279 g/mol. The van der Waals surface area contributed by atoms with Gasteiger partial charge in [0.15, 0.2) is 0 Å². The molecule has 18 heavy (non-hydrogen) atoms. The average molecular weight is 289 g/mol. The summed E-state index contributed by atoms with van der Waals surface area (Å²) in [5.74, 6) is 0.697. The van der Waals surface area contributed by atoms with E-state index in [0.717, 1.165) is 5.56 Å². The van der Waals surface area contributed by atoms with E-state index < -0.39 is 0 Å². The topological polar surface area (TPSA) is 90.9 Å². The molecule has 0 aliphatic rings. The number of rotatable bonds is 4. The van der Waals surface area contributed by atoms with Gasteiger partial charge in [-0.25, -0.2) is 0 Å². The summed E-state index contributed by atoms with van der Waals surface area (Å²) in [6.07, 6.45) is 0. The predicted molar refractivity (Wildman–Crippen MR) is 68.3 cm³/mol. The van der Waals surface area contributed by atoms with Gasteiger partial charge in [-0.1, -0.05) is 28.3 Å². The first-order chi connectivity index (χ1) is 8.61. The number of anilines is 1. The van der Waals surface area contributed by atoms with Gasteiger partial charge < -0.3 is 15.9 Å². The number of hydrogen-bond acceptors (Lipinski definition) is 6. The largest absolute Gasteiger partial charge is 0.495 e. The van der Waals surface area contributed by atoms with Crippen molar-refractivity contribution in [1.29, 1.82) is 0 Å². The molecule has 0 saturated carbocycles. The molecule has 0 bridgehead atoms. The van der Waals surface area contributed by atoms with Gasteiger partial charge in [0.1, 0.15) is 5.75 Å². The van der Waals surface area contributed by atoms with Crippen LogP contribution in [-0.4, -0.2) is 27.4 Å². The number of benzene rings is 1. The summed E-state index contributed by atoms with van der Waals surface area (Å²) in [4.78, 5) is 1.24. The number of tetrazole rings is 1. The Morgan fingerprint density at radius 2 is 2.22 bits per heavy atom. The van der Waals surface area contributed by atoms with Crippen LogP contribution in [0.15, 0.2) is 12.1 Å². The fraction of sp³-hybridized carbons (Fsp3) is 0.222. The predicted octanol–water partition coefficient (Wildman–Crippen LogP) is 1.31. The van der Waals surface area contributed by atoms with Gasteiger partial charge in [0, 0.05) is 10.6 Å². The van der Waals surface area contributed by atoms with Crippen LogP contribution in [0, 0.1) is 0 Å². The van der Waals surface area contributed by atoms with E-state index in [-0.39, 0.29) is 5.95 Å². The van der Waals surface area contributed by atoms with Gasteiger partial charge in [-0.2, -0.15) is 0 Å². The first kappa shape index (κ1) is 12.7. The van der Waals surface area contributed by atoms with Crippen LogP contribution in [0.2, 0.25) is 10.0 Å². The molecule has 9 heteroatoms. The van der Waals surface area contributed by atoms with Crippen molar-refractivity contribution < 1.29 is 4.74 Å². The molecule has 1 heterocycles. The summed E-state index contributed by atoms with van der Waals surface area (Å²) in [6.45, 7) is 0.360. The van der Waals surface area contributed by atoms with Crippen LogP contribution in [-0.2, 0) is 6.54 Å². The number of ether oxygens (including phenoxy) is 1. The van der Waals surface area contributed by atoms with Crippen LogP contribution in [0.3, 0.4) is 0 Å². The van der Waals surface area contributed by atoms with Crippen LogP contribution in [0.4, 0.5) is 5.95 Å². The standard InChI is InChI=1S/C9H10Cl2N6O/c1-18-8-5(2-6(10)3-7(8)11)4-13-17-9(12)14-15-16-17/h2-3,13H,4H2,1H3,(H2,12,14,16). The van der Waals surface area contributed by atoms with Gasteiger partial charge >= 0.3 is 0 Å². The van der Waals surface area contributed by atoms with Gasteiger partial charge in [0.05, 0.1) is 18.7 Å². The number of nitrogens with zero attached hydrogens (tertiary/aromatic N) is 4. The first-order valence-corrected chi connectivity index (χ1v) is 5.67. The first-order valence-electron chi connectivity index (χ1n) is 4.91. The minimum atomic E-state index is 0.155. The Bertz CT molecular complexity index is 558. The molecule has 7 nitrogen and oxygen atoms in total. The molecule has 1 aromatic carbocycles. The SMILES string of the molecule is COc1c(Cl)cc(Cl)cc1CNn1nnnc1N. The van der Waals surface area contributed by atoms with Crippen molar-refractivity contribution in [2.75, 3.05) is 18.3 Å². The second-order valence-corrected chi connectivity index (χ2v) is 4.21. The molecule has 0 atom stereocenters. The number of halogens is 2. The average Bonchev–Trinajstić information content (AvgIpc) is 2.71. The number of aromatic nitrogens is 4. The second kappa shape index (κ2) is 5.28. The summed E-state index contributed by atoms with van der Waals surface area (Å²) in [5.41, 5.74) is 9.18. The summed E-state index contributed by atoms with van der Waals surface area (Å²) in [5, 5.41) is 11.5. The Balaban J connectivity index is 2.21. The van der Waals surface area contributed by atoms with Gasteiger partial charge in [0.25, 0.3) is 5.95 Å². The van der Waals surface area contributed by atoms with Crippen molar-refractivity contribution >= 4 is 29.2 Å². The molecule has 0 radical (unpaired) electrons. The van der Waals surface area contributed by atoms with Crippen LogP contribution in [0.5, 0.6) is 5.75 Å². The molecule has 2 rings (SSSR count). The molecule has 96 valence electrons. The smallest absolute Gasteiger partial charge is 0.260 e. The van der Waals surface area contributed by atoms with Crippen molar-refractivity contribution in [3.8, 4) is 5.75 Å². The Morgan fingerprint density at radius 1 is 1.44 bits per heavy atom. The van der Waals surface area contributed by atoms with E-state index in [4.69, 9.17) is 33.7 Å². The van der Waals surface area contributed by atoms with Crippen LogP contribution >= 0.6 is 23.2 Å². The quantitative estimate of drug-likeness (QED) is 0.882. The lowest BCUT2D eigenvalue weighted by Gasteiger charge is -2.12. The molecule has 0 fully saturated rings. The van der Waals surface area contributed by atoms with Gasteiger partial charge in [-0.3, -0.25) is 0 Å². The van der Waals surface area contributed by atoms with E-state index in [0.29, 0.717) is 22.3 Å². The van der Waals surface area contributed by atoms with E-state index in [1.165, 1.54) is 11.9 Å². The molecule has 0 amide bonds. The Morgan fingerprint density at radius 3 is 2.83 bits per heavy atom. The van der Waals surface area contributed by atoms with Crippen molar-refractivity contribution in [2.24, 2.45) is 0 Å². The van der Waals surface area contributed by atoms with E-state index in [9.17, 15) is 0 Å². The Labute approximate surface area is 113 Å². The second-order valence-electron chi connectivity index (χ2n) is 3.36. The zero-order valence-electron chi connectivity index (χ0n) is 9.39. The number of nitrogens with one attached hydrogen (secondary N) is 1. The molecule has 0 saturated heterocycles. The number of hydrogen-bond donors (Lipinski definition) is 2. The molecule has 0 unspecified atom stereocenters. The van der Waals surface area contributed by atoms with Crippen molar-refractivity contribution in [1.82, 2.24) is 20.3 Å². The van der Waals surface area contributed by atoms with Crippen molar-refractivity contribution in [3.05, 3.63) is 27.7 Å². The van der Waals surface area contributed by atoms with Crippen LogP contribution in [0.1, 0.15) is 5.56 Å². The summed E-state index contributed by atoms with van der Waals surface area (Å²) in [7, 11) is 1.53. The van der Waals surface area contributed by atoms with Crippen LogP contribution in [0.25, 0.3) is 0 Å². The zero-order chi connectivity index (χ0) is 13.1. The highest BCUT2D eigenvalue weighted by Crippen LogP contribution is 2.32. The van der Waals surface area contributed by atoms with E-state index in [2.05, 4.69) is 21.0 Å². The molecular formula is C9H10Cl2N6O. The highest BCUT2D eigenvalue weighted by atomic mass is 35.5. The zero-order valence-corrected chi connectivity index (χ0v) is 10.9. The summed E-state index contributed by atoms with van der Waals surface area (Å²) >= 11 is 11.9. The lowest BCUT2D eigenvalue weighted by atomic mass is 10.2. The third-order valence-corrected chi connectivity index (χ3v) is 2.70. The molecule has 3 N–H and O–H groups in total. The summed E-state index contributed by atoms with van der Waals surface area (Å²) in [6, 6.07) is 3.34. The van der Waals surface area contributed by atoms with E-state index in [1.807, 2.05) is 0 Å². The maximum absolute atomic E-state index is 6.02.